The molecule has 1 aliphatic carbocycles. The van der Waals surface area contributed by atoms with E-state index in [1.807, 2.05) is 13.8 Å². The van der Waals surface area contributed by atoms with Gasteiger partial charge in [-0.25, -0.2) is 9.50 Å². The van der Waals surface area contributed by atoms with Gasteiger partial charge in [0, 0.05) is 18.3 Å². The molecule has 0 aromatic carbocycles. The molecule has 0 bridgehead atoms. The molecule has 1 amide bonds. The van der Waals surface area contributed by atoms with E-state index in [4.69, 9.17) is 0 Å². The zero-order valence-electron chi connectivity index (χ0n) is 14.4. The van der Waals surface area contributed by atoms with Crippen LogP contribution in [0.2, 0.25) is 0 Å². The van der Waals surface area contributed by atoms with Gasteiger partial charge in [0.15, 0.2) is 11.5 Å². The van der Waals surface area contributed by atoms with Crippen LogP contribution in [0.15, 0.2) is 24.8 Å². The van der Waals surface area contributed by atoms with E-state index in [9.17, 15) is 4.79 Å². The van der Waals surface area contributed by atoms with Crippen LogP contribution in [0.3, 0.4) is 0 Å². The number of fused-ring (bicyclic) bond motifs is 1. The summed E-state index contributed by atoms with van der Waals surface area (Å²) in [6, 6.07) is 2.01. The van der Waals surface area contributed by atoms with Gasteiger partial charge in [-0.05, 0) is 26.7 Å². The Kier molecular flexibility index (Phi) is 3.95. The molecule has 3 aromatic rings. The molecule has 130 valence electrons. The highest BCUT2D eigenvalue weighted by Gasteiger charge is 2.24. The van der Waals surface area contributed by atoms with Crippen LogP contribution in [0.5, 0.6) is 0 Å². The van der Waals surface area contributed by atoms with Crippen LogP contribution >= 0.6 is 0 Å². The van der Waals surface area contributed by atoms with Gasteiger partial charge in [-0.3, -0.25) is 4.79 Å². The molecule has 8 nitrogen and oxygen atoms in total. The van der Waals surface area contributed by atoms with E-state index in [-0.39, 0.29) is 11.9 Å². The molecule has 0 aliphatic heterocycles. The number of rotatable bonds is 4. The Morgan fingerprint density at radius 3 is 2.96 bits per heavy atom. The Labute approximate surface area is 145 Å². The predicted octanol–water partition coefficient (Wildman–Crippen LogP) is 2.24. The number of aromatic nitrogens is 6. The Hall–Kier alpha value is -2.77. The maximum Gasteiger partial charge on any atom is 0.255 e. The number of nitrogens with one attached hydrogen (secondary N) is 1. The van der Waals surface area contributed by atoms with E-state index in [0.29, 0.717) is 11.6 Å². The molecular formula is C17H21N7O. The van der Waals surface area contributed by atoms with E-state index in [2.05, 4.69) is 30.2 Å². The summed E-state index contributed by atoms with van der Waals surface area (Å²) in [7, 11) is 0. The van der Waals surface area contributed by atoms with Crippen molar-refractivity contribution in [2.75, 3.05) is 0 Å². The fourth-order valence-corrected chi connectivity index (χ4v) is 3.58. The summed E-state index contributed by atoms with van der Waals surface area (Å²) in [4.78, 5) is 17.0. The Bertz CT molecular complexity index is 907. The Morgan fingerprint density at radius 1 is 1.36 bits per heavy atom. The molecule has 25 heavy (non-hydrogen) atoms. The standard InChI is InChI=1S/C17H21N7O/c1-11(16-22-19-10-23(16)13-5-3-4-6-13)21-17(25)14-9-18-15-7-8-20-24(15)12(14)2/h7-11,13H,3-6H2,1-2H3,(H,21,25)/t11-/m1/s1. The van der Waals surface area contributed by atoms with Crippen LogP contribution in [0.4, 0.5) is 0 Å². The third-order valence-electron chi connectivity index (χ3n) is 4.95. The number of hydrogen-bond donors (Lipinski definition) is 1. The first-order valence-corrected chi connectivity index (χ1v) is 8.65. The lowest BCUT2D eigenvalue weighted by atomic mass is 10.2. The maximum absolute atomic E-state index is 12.7. The van der Waals surface area contributed by atoms with E-state index in [0.717, 1.165) is 30.0 Å². The molecule has 0 unspecified atom stereocenters. The van der Waals surface area contributed by atoms with Crippen molar-refractivity contribution in [1.29, 1.82) is 0 Å². The third-order valence-corrected chi connectivity index (χ3v) is 4.95. The summed E-state index contributed by atoms with van der Waals surface area (Å²) in [5.74, 6) is 0.613. The monoisotopic (exact) mass is 339 g/mol. The van der Waals surface area contributed by atoms with Crippen LogP contribution in [-0.4, -0.2) is 35.3 Å². The van der Waals surface area contributed by atoms with Crippen molar-refractivity contribution in [3.8, 4) is 0 Å². The van der Waals surface area contributed by atoms with Crippen LogP contribution < -0.4 is 5.32 Å². The van der Waals surface area contributed by atoms with Crippen molar-refractivity contribution in [2.45, 2.75) is 51.6 Å². The second-order valence-corrected chi connectivity index (χ2v) is 6.59. The van der Waals surface area contributed by atoms with Gasteiger partial charge in [-0.15, -0.1) is 10.2 Å². The van der Waals surface area contributed by atoms with Gasteiger partial charge < -0.3 is 9.88 Å². The van der Waals surface area contributed by atoms with Crippen LogP contribution in [0.25, 0.3) is 5.65 Å². The average molecular weight is 339 g/mol. The maximum atomic E-state index is 12.7. The predicted molar refractivity (Wildman–Crippen MR) is 91.1 cm³/mol. The van der Waals surface area contributed by atoms with Gasteiger partial charge in [0.2, 0.25) is 0 Å². The first kappa shape index (κ1) is 15.7. The van der Waals surface area contributed by atoms with Gasteiger partial charge in [-0.1, -0.05) is 12.8 Å². The van der Waals surface area contributed by atoms with Gasteiger partial charge >= 0.3 is 0 Å². The number of nitrogens with zero attached hydrogens (tertiary/aromatic N) is 6. The van der Waals surface area contributed by atoms with Crippen LogP contribution in [0.1, 0.15) is 66.6 Å². The Morgan fingerprint density at radius 2 is 2.16 bits per heavy atom. The molecule has 0 radical (unpaired) electrons. The highest BCUT2D eigenvalue weighted by Crippen LogP contribution is 2.31. The van der Waals surface area contributed by atoms with Crippen molar-refractivity contribution >= 4 is 11.6 Å². The second-order valence-electron chi connectivity index (χ2n) is 6.59. The van der Waals surface area contributed by atoms with Crippen LogP contribution in [0, 0.1) is 6.92 Å². The molecular weight excluding hydrogens is 318 g/mol. The average Bonchev–Trinajstić information content (AvgIpc) is 3.34. The van der Waals surface area contributed by atoms with Gasteiger partial charge in [0.1, 0.15) is 6.33 Å². The topological polar surface area (TPSA) is 90.0 Å². The van der Waals surface area contributed by atoms with Crippen molar-refractivity contribution < 1.29 is 4.79 Å². The van der Waals surface area contributed by atoms with E-state index >= 15 is 0 Å². The summed E-state index contributed by atoms with van der Waals surface area (Å²) in [5.41, 5.74) is 2.00. The molecule has 3 heterocycles. The molecule has 8 heteroatoms. The number of amides is 1. The molecule has 3 aromatic heterocycles. The molecule has 0 spiro atoms. The fourth-order valence-electron chi connectivity index (χ4n) is 3.58. The number of carbonyl (C=O) groups excluding carboxylic acids is 1. The highest BCUT2D eigenvalue weighted by molar-refractivity contribution is 5.95. The molecule has 1 saturated carbocycles. The molecule has 1 atom stereocenters. The Balaban J connectivity index is 1.56. The van der Waals surface area contributed by atoms with E-state index in [1.54, 1.807) is 29.3 Å². The zero-order valence-corrected chi connectivity index (χ0v) is 14.4. The lowest BCUT2D eigenvalue weighted by Gasteiger charge is -2.19. The summed E-state index contributed by atoms with van der Waals surface area (Å²) in [6.45, 7) is 3.80. The first-order chi connectivity index (χ1) is 12.1. The van der Waals surface area contributed by atoms with E-state index < -0.39 is 0 Å². The van der Waals surface area contributed by atoms with Crippen molar-refractivity contribution in [3.63, 3.8) is 0 Å². The van der Waals surface area contributed by atoms with Gasteiger partial charge in [-0.2, -0.15) is 5.10 Å². The summed E-state index contributed by atoms with van der Waals surface area (Å²) >= 11 is 0. The van der Waals surface area contributed by atoms with E-state index in [1.165, 1.54) is 12.8 Å². The quantitative estimate of drug-likeness (QED) is 0.787. The van der Waals surface area contributed by atoms with Crippen molar-refractivity contribution in [1.82, 2.24) is 34.7 Å². The summed E-state index contributed by atoms with van der Waals surface area (Å²) in [6.07, 6.45) is 9.79. The fraction of sp³-hybridized carbons (Fsp3) is 0.471. The minimum Gasteiger partial charge on any atom is -0.342 e. The normalized spacial score (nSPS) is 16.4. The molecule has 1 N–H and O–H groups in total. The molecule has 1 fully saturated rings. The van der Waals surface area contributed by atoms with Crippen LogP contribution in [-0.2, 0) is 0 Å². The third kappa shape index (κ3) is 2.77. The SMILES string of the molecule is Cc1c(C(=O)N[C@H](C)c2nncn2C2CCCC2)cnc2ccnn12. The number of carbonyl (C=O) groups is 1. The lowest BCUT2D eigenvalue weighted by molar-refractivity contribution is 0.0935. The molecule has 1 aliphatic rings. The summed E-state index contributed by atoms with van der Waals surface area (Å²) in [5, 5.41) is 15.5. The number of aryl methyl sites for hydroxylation is 1. The highest BCUT2D eigenvalue weighted by atomic mass is 16.1. The second kappa shape index (κ2) is 6.27. The summed E-state index contributed by atoms with van der Waals surface area (Å²) < 4.78 is 3.78. The van der Waals surface area contributed by atoms with Gasteiger partial charge in [0.05, 0.1) is 23.5 Å². The minimum atomic E-state index is -0.233. The largest absolute Gasteiger partial charge is 0.342 e. The van der Waals surface area contributed by atoms with Crippen molar-refractivity contribution in [3.05, 3.63) is 41.9 Å². The van der Waals surface area contributed by atoms with Gasteiger partial charge in [0.25, 0.3) is 5.91 Å². The molecule has 0 saturated heterocycles. The van der Waals surface area contributed by atoms with Crippen molar-refractivity contribution in [2.24, 2.45) is 0 Å². The first-order valence-electron chi connectivity index (χ1n) is 8.65. The molecule has 4 rings (SSSR count). The zero-order chi connectivity index (χ0) is 17.4. The smallest absolute Gasteiger partial charge is 0.255 e. The number of hydrogen-bond acceptors (Lipinski definition) is 5. The minimum absolute atomic E-state index is 0.184. The lowest BCUT2D eigenvalue weighted by Crippen LogP contribution is -2.30.